The molecule has 0 aliphatic heterocycles. The number of nitrogens with zero attached hydrogens (tertiary/aromatic N) is 1. The molecule has 2 heteroatoms. The van der Waals surface area contributed by atoms with Crippen molar-refractivity contribution in [2.75, 3.05) is 0 Å². The van der Waals surface area contributed by atoms with Crippen LogP contribution in [0.2, 0.25) is 0 Å². The van der Waals surface area contributed by atoms with Crippen molar-refractivity contribution in [3.05, 3.63) is 36.7 Å². The quantitative estimate of drug-likeness (QED) is 0.537. The van der Waals surface area contributed by atoms with Gasteiger partial charge < -0.3 is 0 Å². The Morgan fingerprint density at radius 1 is 1.40 bits per heavy atom. The highest BCUT2D eigenvalue weighted by Crippen LogP contribution is 1.96. The van der Waals surface area contributed by atoms with Gasteiger partial charge in [-0.05, 0) is 19.1 Å². The van der Waals surface area contributed by atoms with Crippen LogP contribution >= 0.6 is 0 Å². The normalized spacial score (nSPS) is 9.30. The van der Waals surface area contributed by atoms with Crippen molar-refractivity contribution < 1.29 is 4.79 Å². The van der Waals surface area contributed by atoms with E-state index in [0.717, 1.165) is 0 Å². The first kappa shape index (κ1) is 6.81. The summed E-state index contributed by atoms with van der Waals surface area (Å²) >= 11 is 0. The number of carbonyl (C=O) groups is 1. The minimum Gasteiger partial charge on any atom is -0.291 e. The lowest BCUT2D eigenvalue weighted by Gasteiger charge is -1.97. The van der Waals surface area contributed by atoms with Gasteiger partial charge in [-0.1, -0.05) is 6.58 Å². The van der Waals surface area contributed by atoms with Crippen molar-refractivity contribution in [2.24, 2.45) is 0 Å². The zero-order chi connectivity index (χ0) is 7.56. The van der Waals surface area contributed by atoms with Crippen LogP contribution in [0.25, 0.3) is 0 Å². The van der Waals surface area contributed by atoms with Crippen molar-refractivity contribution in [1.82, 2.24) is 4.57 Å². The molecule has 0 spiro atoms. The second kappa shape index (κ2) is 2.52. The number of rotatable bonds is 1. The molecule has 0 unspecified atom stereocenters. The fourth-order valence-electron chi connectivity index (χ4n) is 0.690. The molecule has 0 saturated heterocycles. The van der Waals surface area contributed by atoms with E-state index in [9.17, 15) is 4.79 Å². The molecule has 1 rings (SSSR count). The van der Waals surface area contributed by atoms with Gasteiger partial charge in [-0.25, -0.2) is 0 Å². The summed E-state index contributed by atoms with van der Waals surface area (Å²) in [7, 11) is 0. The van der Waals surface area contributed by atoms with Crippen LogP contribution in [0.15, 0.2) is 36.7 Å². The van der Waals surface area contributed by atoms with Gasteiger partial charge in [0.05, 0.1) is 0 Å². The smallest absolute Gasteiger partial charge is 0.256 e. The van der Waals surface area contributed by atoms with Crippen LogP contribution in [0.1, 0.15) is 11.7 Å². The summed E-state index contributed by atoms with van der Waals surface area (Å²) in [6, 6.07) is 3.61. The number of aromatic nitrogens is 1. The fraction of sp³-hybridized carbons (Fsp3) is 0.125. The van der Waals surface area contributed by atoms with E-state index in [0.29, 0.717) is 5.57 Å². The van der Waals surface area contributed by atoms with Gasteiger partial charge in [-0.15, -0.1) is 0 Å². The third-order valence-corrected chi connectivity index (χ3v) is 1.20. The van der Waals surface area contributed by atoms with E-state index >= 15 is 0 Å². The molecule has 0 saturated carbocycles. The molecular formula is C8H9NO. The van der Waals surface area contributed by atoms with Crippen LogP contribution in [0, 0.1) is 0 Å². The summed E-state index contributed by atoms with van der Waals surface area (Å²) in [6.45, 7) is 5.24. The number of hydrogen-bond acceptors (Lipinski definition) is 1. The summed E-state index contributed by atoms with van der Waals surface area (Å²) in [5.41, 5.74) is 0.552. The monoisotopic (exact) mass is 135 g/mol. The first-order valence-corrected chi connectivity index (χ1v) is 3.05. The van der Waals surface area contributed by atoms with Gasteiger partial charge in [0.2, 0.25) is 0 Å². The minimum atomic E-state index is -0.0509. The molecule has 0 fully saturated rings. The van der Waals surface area contributed by atoms with Gasteiger partial charge in [0, 0.05) is 18.0 Å². The fourth-order valence-corrected chi connectivity index (χ4v) is 0.690. The number of allylic oxidation sites excluding steroid dienone is 1. The third kappa shape index (κ3) is 1.16. The highest BCUT2D eigenvalue weighted by molar-refractivity contribution is 5.94. The Labute approximate surface area is 59.8 Å². The standard InChI is InChI=1S/C8H9NO/c1-7(2)8(10)9-5-3-4-6-9/h3-6H,1H2,2H3. The van der Waals surface area contributed by atoms with E-state index in [1.807, 2.05) is 0 Å². The van der Waals surface area contributed by atoms with Crippen LogP contribution in [0.3, 0.4) is 0 Å². The molecule has 1 aromatic heterocycles. The van der Waals surface area contributed by atoms with Crippen molar-refractivity contribution in [3.63, 3.8) is 0 Å². The van der Waals surface area contributed by atoms with E-state index in [-0.39, 0.29) is 5.91 Å². The SMILES string of the molecule is C=C(C)C(=O)n1cccc1. The Bertz CT molecular complexity index is 246. The maximum absolute atomic E-state index is 11.1. The van der Waals surface area contributed by atoms with Gasteiger partial charge in [0.1, 0.15) is 0 Å². The molecule has 0 aromatic carbocycles. The summed E-state index contributed by atoms with van der Waals surface area (Å²) in [5.74, 6) is -0.0509. The zero-order valence-corrected chi connectivity index (χ0v) is 5.87. The summed E-state index contributed by atoms with van der Waals surface area (Å²) < 4.78 is 1.50. The van der Waals surface area contributed by atoms with Gasteiger partial charge in [0.15, 0.2) is 0 Å². The number of hydrogen-bond donors (Lipinski definition) is 0. The maximum Gasteiger partial charge on any atom is 0.256 e. The average Bonchev–Trinajstić information content (AvgIpc) is 2.36. The minimum absolute atomic E-state index is 0.0509. The van der Waals surface area contributed by atoms with E-state index in [1.54, 1.807) is 31.5 Å². The predicted molar refractivity (Wildman–Crippen MR) is 39.9 cm³/mol. The van der Waals surface area contributed by atoms with E-state index in [4.69, 9.17) is 0 Å². The lowest BCUT2D eigenvalue weighted by Crippen LogP contribution is -2.07. The molecule has 1 heterocycles. The van der Waals surface area contributed by atoms with Crippen molar-refractivity contribution in [2.45, 2.75) is 6.92 Å². The molecule has 52 valence electrons. The van der Waals surface area contributed by atoms with E-state index < -0.39 is 0 Å². The Kier molecular flexibility index (Phi) is 1.71. The second-order valence-corrected chi connectivity index (χ2v) is 2.18. The van der Waals surface area contributed by atoms with Crippen molar-refractivity contribution >= 4 is 5.91 Å². The third-order valence-electron chi connectivity index (χ3n) is 1.20. The first-order chi connectivity index (χ1) is 4.72. The highest BCUT2D eigenvalue weighted by Gasteiger charge is 2.00. The largest absolute Gasteiger partial charge is 0.291 e. The molecule has 0 aliphatic carbocycles. The van der Waals surface area contributed by atoms with Crippen LogP contribution in [-0.4, -0.2) is 10.5 Å². The molecule has 1 aromatic rings. The molecule has 0 N–H and O–H groups in total. The van der Waals surface area contributed by atoms with E-state index in [1.165, 1.54) is 4.57 Å². The lowest BCUT2D eigenvalue weighted by molar-refractivity contribution is 0.0956. The number of carbonyl (C=O) groups excluding carboxylic acids is 1. The highest BCUT2D eigenvalue weighted by atomic mass is 16.2. The van der Waals surface area contributed by atoms with Gasteiger partial charge in [-0.3, -0.25) is 9.36 Å². The second-order valence-electron chi connectivity index (χ2n) is 2.18. The van der Waals surface area contributed by atoms with Crippen molar-refractivity contribution in [1.29, 1.82) is 0 Å². The van der Waals surface area contributed by atoms with Gasteiger partial charge >= 0.3 is 0 Å². The Hall–Kier alpha value is -1.31. The Morgan fingerprint density at radius 3 is 2.30 bits per heavy atom. The summed E-state index contributed by atoms with van der Waals surface area (Å²) in [6.07, 6.45) is 3.41. The predicted octanol–water partition coefficient (Wildman–Crippen LogP) is 1.70. The van der Waals surface area contributed by atoms with Crippen LogP contribution in [0.4, 0.5) is 0 Å². The first-order valence-electron chi connectivity index (χ1n) is 3.05. The van der Waals surface area contributed by atoms with Gasteiger partial charge in [-0.2, -0.15) is 0 Å². The molecule has 10 heavy (non-hydrogen) atoms. The summed E-state index contributed by atoms with van der Waals surface area (Å²) in [5, 5.41) is 0. The van der Waals surface area contributed by atoms with Crippen LogP contribution in [0.5, 0.6) is 0 Å². The van der Waals surface area contributed by atoms with E-state index in [2.05, 4.69) is 6.58 Å². The molecule has 0 amide bonds. The zero-order valence-electron chi connectivity index (χ0n) is 5.87. The topological polar surface area (TPSA) is 22.0 Å². The molecular weight excluding hydrogens is 126 g/mol. The maximum atomic E-state index is 11.1. The molecule has 0 atom stereocenters. The van der Waals surface area contributed by atoms with Crippen molar-refractivity contribution in [3.8, 4) is 0 Å². The Balaban J connectivity index is 2.88. The Morgan fingerprint density at radius 2 is 1.90 bits per heavy atom. The molecule has 2 nitrogen and oxygen atoms in total. The lowest BCUT2D eigenvalue weighted by atomic mass is 10.3. The van der Waals surface area contributed by atoms with Gasteiger partial charge in [0.25, 0.3) is 5.91 Å². The summed E-state index contributed by atoms with van der Waals surface area (Å²) in [4.78, 5) is 11.1. The molecule has 0 bridgehead atoms. The molecule has 0 radical (unpaired) electrons. The van der Waals surface area contributed by atoms with Crippen LogP contribution in [-0.2, 0) is 0 Å². The molecule has 0 aliphatic rings. The average molecular weight is 135 g/mol. The van der Waals surface area contributed by atoms with Crippen LogP contribution < -0.4 is 0 Å².